The van der Waals surface area contributed by atoms with Gasteiger partial charge >= 0.3 is 6.03 Å². The first-order valence-corrected chi connectivity index (χ1v) is 11.0. The SMILES string of the molecule is CC1=CC(C)(C)N(C)c2cc(Cl)c(/C=C3/NC(=O)N(CC(=O)Nc4ccccc4F)C3=O)cc21. The molecule has 9 heteroatoms. The van der Waals surface area contributed by atoms with E-state index >= 15 is 0 Å². The van der Waals surface area contributed by atoms with Crippen LogP contribution in [0.15, 0.2) is 48.2 Å². The maximum atomic E-state index is 13.8. The summed E-state index contributed by atoms with van der Waals surface area (Å²) in [6.07, 6.45) is 3.64. The van der Waals surface area contributed by atoms with Gasteiger partial charge in [0.1, 0.15) is 18.1 Å². The van der Waals surface area contributed by atoms with Crippen molar-refractivity contribution in [2.24, 2.45) is 0 Å². The molecule has 1 fully saturated rings. The third-order valence-electron chi connectivity index (χ3n) is 6.05. The van der Waals surface area contributed by atoms with Gasteiger partial charge in [-0.2, -0.15) is 0 Å². The first kappa shape index (κ1) is 23.5. The number of fused-ring (bicyclic) bond motifs is 1. The van der Waals surface area contributed by atoms with Crippen LogP contribution in [-0.4, -0.2) is 41.9 Å². The zero-order valence-corrected chi connectivity index (χ0v) is 20.0. The fourth-order valence-corrected chi connectivity index (χ4v) is 4.28. The number of amides is 4. The molecule has 2 N–H and O–H groups in total. The molecule has 0 atom stereocenters. The van der Waals surface area contributed by atoms with Gasteiger partial charge in [0.15, 0.2) is 0 Å². The van der Waals surface area contributed by atoms with Crippen LogP contribution in [0.25, 0.3) is 11.6 Å². The van der Waals surface area contributed by atoms with Crippen molar-refractivity contribution in [1.29, 1.82) is 0 Å². The third kappa shape index (κ3) is 4.28. The van der Waals surface area contributed by atoms with Gasteiger partial charge in [-0.25, -0.2) is 14.1 Å². The monoisotopic (exact) mass is 482 g/mol. The van der Waals surface area contributed by atoms with E-state index in [1.807, 2.05) is 26.1 Å². The summed E-state index contributed by atoms with van der Waals surface area (Å²) < 4.78 is 13.8. The minimum Gasteiger partial charge on any atom is -0.365 e. The number of imide groups is 1. The number of urea groups is 1. The molecule has 0 saturated carbocycles. The van der Waals surface area contributed by atoms with Crippen molar-refractivity contribution in [2.75, 3.05) is 23.8 Å². The second-order valence-electron chi connectivity index (χ2n) is 8.84. The molecule has 176 valence electrons. The molecule has 2 aromatic carbocycles. The normalized spacial score (nSPS) is 18.1. The smallest absolute Gasteiger partial charge is 0.329 e. The summed E-state index contributed by atoms with van der Waals surface area (Å²) in [6, 6.07) is 8.59. The molecular weight excluding hydrogens is 459 g/mol. The zero-order valence-electron chi connectivity index (χ0n) is 19.2. The second-order valence-corrected chi connectivity index (χ2v) is 9.25. The van der Waals surface area contributed by atoms with Crippen molar-refractivity contribution in [1.82, 2.24) is 10.2 Å². The quantitative estimate of drug-likeness (QED) is 0.491. The fraction of sp³-hybridized carbons (Fsp3) is 0.240. The Kier molecular flexibility index (Phi) is 5.95. The van der Waals surface area contributed by atoms with E-state index in [1.54, 1.807) is 6.07 Å². The highest BCUT2D eigenvalue weighted by Gasteiger charge is 2.35. The third-order valence-corrected chi connectivity index (χ3v) is 6.37. The Balaban J connectivity index is 1.56. The van der Waals surface area contributed by atoms with Crippen molar-refractivity contribution in [2.45, 2.75) is 26.3 Å². The van der Waals surface area contributed by atoms with Gasteiger partial charge in [0.2, 0.25) is 5.91 Å². The summed E-state index contributed by atoms with van der Waals surface area (Å²) in [6.45, 7) is 5.66. The Morgan fingerprint density at radius 1 is 1.24 bits per heavy atom. The van der Waals surface area contributed by atoms with Gasteiger partial charge in [0.25, 0.3) is 5.91 Å². The summed E-state index contributed by atoms with van der Waals surface area (Å²) in [4.78, 5) is 40.4. The van der Waals surface area contributed by atoms with Crippen molar-refractivity contribution in [3.05, 3.63) is 70.1 Å². The number of anilines is 2. The molecule has 0 aromatic heterocycles. The van der Waals surface area contributed by atoms with E-state index in [4.69, 9.17) is 11.6 Å². The molecular formula is C25H24ClFN4O3. The second kappa shape index (κ2) is 8.61. The first-order chi connectivity index (χ1) is 16.0. The minimum absolute atomic E-state index is 0.00308. The lowest BCUT2D eigenvalue weighted by molar-refractivity contribution is -0.127. The maximum Gasteiger partial charge on any atom is 0.329 e. The largest absolute Gasteiger partial charge is 0.365 e. The molecule has 2 heterocycles. The van der Waals surface area contributed by atoms with E-state index in [9.17, 15) is 18.8 Å². The van der Waals surface area contributed by atoms with Crippen LogP contribution in [0.4, 0.5) is 20.6 Å². The average molecular weight is 483 g/mol. The highest BCUT2D eigenvalue weighted by atomic mass is 35.5. The average Bonchev–Trinajstić information content (AvgIpc) is 3.02. The Morgan fingerprint density at radius 3 is 2.65 bits per heavy atom. The van der Waals surface area contributed by atoms with E-state index in [2.05, 4.69) is 35.5 Å². The summed E-state index contributed by atoms with van der Waals surface area (Å²) in [5.41, 5.74) is 3.34. The van der Waals surface area contributed by atoms with E-state index < -0.39 is 30.2 Å². The van der Waals surface area contributed by atoms with E-state index in [0.29, 0.717) is 10.6 Å². The lowest BCUT2D eigenvalue weighted by atomic mass is 9.88. The van der Waals surface area contributed by atoms with Crippen LogP contribution < -0.4 is 15.5 Å². The van der Waals surface area contributed by atoms with E-state index in [-0.39, 0.29) is 16.9 Å². The highest BCUT2D eigenvalue weighted by molar-refractivity contribution is 6.32. The number of hydrogen-bond acceptors (Lipinski definition) is 4. The zero-order chi connectivity index (χ0) is 24.8. The maximum absolute atomic E-state index is 13.8. The fourth-order valence-electron chi connectivity index (χ4n) is 4.06. The number of allylic oxidation sites excluding steroid dienone is 1. The number of likely N-dealkylation sites (N-methyl/N-ethyl adjacent to an activating group) is 1. The Morgan fingerprint density at radius 2 is 1.94 bits per heavy atom. The number of para-hydroxylation sites is 1. The Bertz CT molecular complexity index is 1280. The van der Waals surface area contributed by atoms with Crippen LogP contribution in [0.1, 0.15) is 31.9 Å². The molecule has 0 radical (unpaired) electrons. The van der Waals surface area contributed by atoms with Crippen LogP contribution in [-0.2, 0) is 9.59 Å². The van der Waals surface area contributed by atoms with Crippen LogP contribution in [0, 0.1) is 5.82 Å². The number of rotatable bonds is 4. The van der Waals surface area contributed by atoms with Crippen LogP contribution in [0.5, 0.6) is 0 Å². The number of halogens is 2. The molecule has 2 aliphatic heterocycles. The summed E-state index contributed by atoms with van der Waals surface area (Å²) in [5.74, 6) is -1.99. The summed E-state index contributed by atoms with van der Waals surface area (Å²) in [5, 5.41) is 5.26. The molecule has 2 aromatic rings. The summed E-state index contributed by atoms with van der Waals surface area (Å²) >= 11 is 6.53. The Hall–Kier alpha value is -3.65. The Labute approximate surface area is 201 Å². The van der Waals surface area contributed by atoms with Gasteiger partial charge in [-0.05, 0) is 62.2 Å². The van der Waals surface area contributed by atoms with Gasteiger partial charge < -0.3 is 15.5 Å². The minimum atomic E-state index is -0.744. The molecule has 0 bridgehead atoms. The van der Waals surface area contributed by atoms with E-state index in [0.717, 1.165) is 21.7 Å². The molecule has 0 spiro atoms. The number of benzene rings is 2. The first-order valence-electron chi connectivity index (χ1n) is 10.6. The predicted octanol–water partition coefficient (Wildman–Crippen LogP) is 4.64. The van der Waals surface area contributed by atoms with Gasteiger partial charge in [0.05, 0.1) is 11.2 Å². The van der Waals surface area contributed by atoms with Crippen LogP contribution in [0.3, 0.4) is 0 Å². The van der Waals surface area contributed by atoms with Gasteiger partial charge in [0, 0.05) is 23.3 Å². The van der Waals surface area contributed by atoms with Gasteiger partial charge in [-0.1, -0.05) is 29.8 Å². The number of nitrogens with one attached hydrogen (secondary N) is 2. The van der Waals surface area contributed by atoms with Crippen LogP contribution >= 0.6 is 11.6 Å². The molecule has 34 heavy (non-hydrogen) atoms. The highest BCUT2D eigenvalue weighted by Crippen LogP contribution is 2.41. The van der Waals surface area contributed by atoms with Crippen molar-refractivity contribution in [3.63, 3.8) is 0 Å². The number of nitrogens with zero attached hydrogens (tertiary/aromatic N) is 2. The van der Waals surface area contributed by atoms with Crippen LogP contribution in [0.2, 0.25) is 5.02 Å². The molecule has 7 nitrogen and oxygen atoms in total. The summed E-state index contributed by atoms with van der Waals surface area (Å²) in [7, 11) is 1.99. The molecule has 2 aliphatic rings. The number of carbonyl (C=O) groups is 3. The van der Waals surface area contributed by atoms with Gasteiger partial charge in [-0.15, -0.1) is 0 Å². The molecule has 4 rings (SSSR count). The standard InChI is InChI=1S/C25H24ClFN4O3/c1-14-12-25(2,3)30(4)21-11-17(26)15(9-16(14)21)10-20-23(33)31(24(34)29-20)13-22(32)28-19-8-6-5-7-18(19)27/h5-12H,13H2,1-4H3,(H,28,32)(H,29,34)/b20-10+. The lowest BCUT2D eigenvalue weighted by Crippen LogP contribution is -2.42. The van der Waals surface area contributed by atoms with Crippen molar-refractivity contribution in [3.8, 4) is 0 Å². The lowest BCUT2D eigenvalue weighted by Gasteiger charge is -2.40. The molecule has 4 amide bonds. The molecule has 1 saturated heterocycles. The number of hydrogen-bond donors (Lipinski definition) is 2. The number of carbonyl (C=O) groups excluding carboxylic acids is 3. The predicted molar refractivity (Wildman–Crippen MR) is 131 cm³/mol. The topological polar surface area (TPSA) is 81.8 Å². The molecule has 0 unspecified atom stereocenters. The van der Waals surface area contributed by atoms with E-state index in [1.165, 1.54) is 24.3 Å². The molecule has 0 aliphatic carbocycles. The van der Waals surface area contributed by atoms with Gasteiger partial charge in [-0.3, -0.25) is 9.59 Å². The van der Waals surface area contributed by atoms with Crippen molar-refractivity contribution >= 4 is 52.5 Å². The van der Waals surface area contributed by atoms with Crippen molar-refractivity contribution < 1.29 is 18.8 Å².